The van der Waals surface area contributed by atoms with E-state index in [2.05, 4.69) is 10.4 Å². The second-order valence-electron chi connectivity index (χ2n) is 4.51. The number of alkyl halides is 3. The number of anilines is 1. The first kappa shape index (κ1) is 12.1. The summed E-state index contributed by atoms with van der Waals surface area (Å²) in [6.07, 6.45) is -1.80. The number of benzene rings is 1. The van der Waals surface area contributed by atoms with Crippen molar-refractivity contribution in [2.75, 3.05) is 11.9 Å². The van der Waals surface area contributed by atoms with Crippen molar-refractivity contribution in [3.05, 3.63) is 47.7 Å². The molecule has 0 bridgehead atoms. The molecule has 1 aromatic heterocycles. The Morgan fingerprint density at radius 3 is 2.58 bits per heavy atom. The Bertz CT molecular complexity index is 572. The van der Waals surface area contributed by atoms with Crippen LogP contribution in [-0.2, 0) is 6.18 Å². The fourth-order valence-corrected chi connectivity index (χ4v) is 2.36. The van der Waals surface area contributed by atoms with E-state index in [0.717, 1.165) is 36.5 Å². The van der Waals surface area contributed by atoms with Crippen LogP contribution in [0.15, 0.2) is 36.5 Å². The third kappa shape index (κ3) is 2.18. The lowest BCUT2D eigenvalue weighted by molar-refractivity contribution is -0.137. The van der Waals surface area contributed by atoms with Gasteiger partial charge < -0.3 is 5.32 Å². The highest BCUT2D eigenvalue weighted by molar-refractivity contribution is 5.39. The first-order chi connectivity index (χ1) is 9.05. The monoisotopic (exact) mass is 267 g/mol. The largest absolute Gasteiger partial charge is 0.416 e. The number of hydrogen-bond acceptors (Lipinski definition) is 2. The molecule has 0 saturated carbocycles. The number of halogens is 3. The van der Waals surface area contributed by atoms with Crippen LogP contribution < -0.4 is 5.32 Å². The Kier molecular flexibility index (Phi) is 2.73. The molecule has 6 heteroatoms. The van der Waals surface area contributed by atoms with Gasteiger partial charge in [0.25, 0.3) is 0 Å². The number of hydrogen-bond donors (Lipinski definition) is 1. The van der Waals surface area contributed by atoms with Crippen LogP contribution in [0.1, 0.15) is 23.6 Å². The average molecular weight is 267 g/mol. The van der Waals surface area contributed by atoms with Crippen LogP contribution >= 0.6 is 0 Å². The standard InChI is InChI=1S/C13H12F3N3/c14-13(15,16)10-3-1-9(2-4-10)11-5-7-17-12-6-8-18-19(11)12/h1-4,6,8,11,17H,5,7H2. The number of aromatic nitrogens is 2. The fraction of sp³-hybridized carbons (Fsp3) is 0.308. The molecular formula is C13H12F3N3. The summed E-state index contributed by atoms with van der Waals surface area (Å²) >= 11 is 0. The van der Waals surface area contributed by atoms with Crippen molar-refractivity contribution in [2.45, 2.75) is 18.6 Å². The predicted octanol–water partition coefficient (Wildman–Crippen LogP) is 3.31. The van der Waals surface area contributed by atoms with Gasteiger partial charge in [-0.05, 0) is 24.1 Å². The Morgan fingerprint density at radius 1 is 1.16 bits per heavy atom. The maximum atomic E-state index is 12.5. The molecule has 2 heterocycles. The van der Waals surface area contributed by atoms with Gasteiger partial charge in [-0.15, -0.1) is 0 Å². The molecule has 19 heavy (non-hydrogen) atoms. The fourth-order valence-electron chi connectivity index (χ4n) is 2.36. The maximum absolute atomic E-state index is 12.5. The van der Waals surface area contributed by atoms with E-state index in [1.165, 1.54) is 12.1 Å². The summed E-state index contributed by atoms with van der Waals surface area (Å²) < 4.78 is 39.4. The summed E-state index contributed by atoms with van der Waals surface area (Å²) in [5.41, 5.74) is 0.227. The minimum Gasteiger partial charge on any atom is -0.370 e. The van der Waals surface area contributed by atoms with Crippen molar-refractivity contribution < 1.29 is 13.2 Å². The SMILES string of the molecule is FC(F)(F)c1ccc(C2CCNc3ccnn32)cc1. The van der Waals surface area contributed by atoms with Crippen LogP contribution in [0.2, 0.25) is 0 Å². The Balaban J connectivity index is 1.93. The predicted molar refractivity (Wildman–Crippen MR) is 64.9 cm³/mol. The van der Waals surface area contributed by atoms with Gasteiger partial charge in [-0.25, -0.2) is 4.68 Å². The van der Waals surface area contributed by atoms with Gasteiger partial charge in [-0.2, -0.15) is 18.3 Å². The molecule has 3 nitrogen and oxygen atoms in total. The summed E-state index contributed by atoms with van der Waals surface area (Å²) in [4.78, 5) is 0. The van der Waals surface area contributed by atoms with Gasteiger partial charge in [-0.3, -0.25) is 0 Å². The average Bonchev–Trinajstić information content (AvgIpc) is 2.86. The first-order valence-corrected chi connectivity index (χ1v) is 6.00. The summed E-state index contributed by atoms with van der Waals surface area (Å²) in [5, 5.41) is 7.42. The van der Waals surface area contributed by atoms with E-state index in [-0.39, 0.29) is 6.04 Å². The van der Waals surface area contributed by atoms with E-state index in [1.807, 2.05) is 10.7 Å². The molecule has 0 fully saturated rings. The third-order valence-electron chi connectivity index (χ3n) is 3.31. The van der Waals surface area contributed by atoms with Gasteiger partial charge in [0.1, 0.15) is 5.82 Å². The highest BCUT2D eigenvalue weighted by Gasteiger charge is 2.30. The van der Waals surface area contributed by atoms with Crippen molar-refractivity contribution in [2.24, 2.45) is 0 Å². The first-order valence-electron chi connectivity index (χ1n) is 6.00. The van der Waals surface area contributed by atoms with Crippen molar-refractivity contribution in [3.8, 4) is 0 Å². The second kappa shape index (κ2) is 4.29. The summed E-state index contributed by atoms with van der Waals surface area (Å²) in [7, 11) is 0. The summed E-state index contributed by atoms with van der Waals surface area (Å²) in [5.74, 6) is 0.899. The molecule has 1 aliphatic heterocycles. The summed E-state index contributed by atoms with van der Waals surface area (Å²) in [6.45, 7) is 0.789. The van der Waals surface area contributed by atoms with Crippen LogP contribution in [0.25, 0.3) is 0 Å². The zero-order valence-corrected chi connectivity index (χ0v) is 9.98. The molecule has 0 aliphatic carbocycles. The molecule has 1 aromatic carbocycles. The molecule has 1 N–H and O–H groups in total. The molecule has 1 atom stereocenters. The number of rotatable bonds is 1. The van der Waals surface area contributed by atoms with Crippen LogP contribution in [0, 0.1) is 0 Å². The lowest BCUT2D eigenvalue weighted by Crippen LogP contribution is -2.24. The smallest absolute Gasteiger partial charge is 0.370 e. The van der Waals surface area contributed by atoms with E-state index >= 15 is 0 Å². The molecule has 100 valence electrons. The van der Waals surface area contributed by atoms with E-state index < -0.39 is 11.7 Å². The molecule has 0 radical (unpaired) electrons. The molecular weight excluding hydrogens is 255 g/mol. The Morgan fingerprint density at radius 2 is 1.89 bits per heavy atom. The van der Waals surface area contributed by atoms with Crippen molar-refractivity contribution in [3.63, 3.8) is 0 Å². The molecule has 2 aromatic rings. The third-order valence-corrected chi connectivity index (χ3v) is 3.31. The van der Waals surface area contributed by atoms with E-state index in [4.69, 9.17) is 0 Å². The van der Waals surface area contributed by atoms with Gasteiger partial charge in [-0.1, -0.05) is 12.1 Å². The van der Waals surface area contributed by atoms with E-state index in [9.17, 15) is 13.2 Å². The summed E-state index contributed by atoms with van der Waals surface area (Å²) in [6, 6.07) is 7.17. The van der Waals surface area contributed by atoms with Crippen molar-refractivity contribution in [1.29, 1.82) is 0 Å². The van der Waals surface area contributed by atoms with Gasteiger partial charge in [0.05, 0.1) is 17.8 Å². The minimum absolute atomic E-state index is 0.00599. The molecule has 1 aliphatic rings. The number of nitrogens with zero attached hydrogens (tertiary/aromatic N) is 2. The van der Waals surface area contributed by atoms with Crippen molar-refractivity contribution in [1.82, 2.24) is 9.78 Å². The normalized spacial score (nSPS) is 18.8. The molecule has 0 spiro atoms. The van der Waals surface area contributed by atoms with Crippen molar-refractivity contribution >= 4 is 5.82 Å². The van der Waals surface area contributed by atoms with Gasteiger partial charge in [0.15, 0.2) is 0 Å². The second-order valence-corrected chi connectivity index (χ2v) is 4.51. The highest BCUT2D eigenvalue weighted by atomic mass is 19.4. The molecule has 0 amide bonds. The molecule has 3 rings (SSSR count). The number of nitrogens with one attached hydrogen (secondary N) is 1. The molecule has 1 unspecified atom stereocenters. The van der Waals surface area contributed by atoms with E-state index in [1.54, 1.807) is 6.20 Å². The molecule has 0 saturated heterocycles. The maximum Gasteiger partial charge on any atom is 0.416 e. The highest BCUT2D eigenvalue weighted by Crippen LogP contribution is 2.32. The zero-order valence-electron chi connectivity index (χ0n) is 9.98. The lowest BCUT2D eigenvalue weighted by atomic mass is 10.0. The van der Waals surface area contributed by atoms with Crippen LogP contribution in [0.3, 0.4) is 0 Å². The van der Waals surface area contributed by atoms with Gasteiger partial charge in [0, 0.05) is 12.6 Å². The quantitative estimate of drug-likeness (QED) is 0.859. The zero-order chi connectivity index (χ0) is 13.5. The van der Waals surface area contributed by atoms with Crippen LogP contribution in [0.5, 0.6) is 0 Å². The van der Waals surface area contributed by atoms with Crippen LogP contribution in [-0.4, -0.2) is 16.3 Å². The Hall–Kier alpha value is -1.98. The van der Waals surface area contributed by atoms with E-state index in [0.29, 0.717) is 0 Å². The minimum atomic E-state index is -4.29. The topological polar surface area (TPSA) is 29.9 Å². The number of fused-ring (bicyclic) bond motifs is 1. The Labute approximate surface area is 108 Å². The lowest BCUT2D eigenvalue weighted by Gasteiger charge is -2.26. The van der Waals surface area contributed by atoms with Gasteiger partial charge >= 0.3 is 6.18 Å². The van der Waals surface area contributed by atoms with Gasteiger partial charge in [0.2, 0.25) is 0 Å². The van der Waals surface area contributed by atoms with Crippen LogP contribution in [0.4, 0.5) is 19.0 Å².